The molecule has 0 amide bonds. The standard InChI is InChI=1S/C10H12N4O/c1-6-3-8-7(4-9(6)15-2)12-5-10(13-8)14-11/h3-5H,11H2,1-2H3,(H,13,14). The summed E-state index contributed by atoms with van der Waals surface area (Å²) in [4.78, 5) is 8.49. The molecule has 0 aliphatic heterocycles. The normalized spacial score (nSPS) is 10.3. The number of benzene rings is 1. The van der Waals surface area contributed by atoms with Crippen molar-refractivity contribution in [1.82, 2.24) is 9.97 Å². The molecule has 3 N–H and O–H groups in total. The summed E-state index contributed by atoms with van der Waals surface area (Å²) in [5, 5.41) is 0. The number of ether oxygens (including phenoxy) is 1. The van der Waals surface area contributed by atoms with Crippen molar-refractivity contribution in [2.24, 2.45) is 5.84 Å². The van der Waals surface area contributed by atoms with Crippen molar-refractivity contribution in [2.45, 2.75) is 6.92 Å². The van der Waals surface area contributed by atoms with Crippen molar-refractivity contribution < 1.29 is 4.74 Å². The van der Waals surface area contributed by atoms with Crippen molar-refractivity contribution in [3.8, 4) is 5.75 Å². The van der Waals surface area contributed by atoms with E-state index in [-0.39, 0.29) is 0 Å². The maximum atomic E-state index is 5.26. The molecule has 2 aromatic rings. The van der Waals surface area contributed by atoms with Crippen LogP contribution < -0.4 is 16.0 Å². The third kappa shape index (κ3) is 1.69. The first-order valence-electron chi connectivity index (χ1n) is 4.52. The number of methoxy groups -OCH3 is 1. The zero-order valence-corrected chi connectivity index (χ0v) is 8.61. The van der Waals surface area contributed by atoms with E-state index < -0.39 is 0 Å². The Morgan fingerprint density at radius 2 is 2.13 bits per heavy atom. The molecular formula is C10H12N4O. The monoisotopic (exact) mass is 204 g/mol. The van der Waals surface area contributed by atoms with Gasteiger partial charge in [-0.15, -0.1) is 0 Å². The molecule has 0 unspecified atom stereocenters. The van der Waals surface area contributed by atoms with Gasteiger partial charge in [-0.25, -0.2) is 10.8 Å². The molecule has 0 saturated heterocycles. The highest BCUT2D eigenvalue weighted by molar-refractivity contribution is 5.78. The van der Waals surface area contributed by atoms with E-state index in [1.807, 2.05) is 19.1 Å². The average molecular weight is 204 g/mol. The van der Waals surface area contributed by atoms with Gasteiger partial charge in [0, 0.05) is 6.07 Å². The number of hydrogen-bond acceptors (Lipinski definition) is 5. The molecule has 15 heavy (non-hydrogen) atoms. The van der Waals surface area contributed by atoms with E-state index in [2.05, 4.69) is 15.4 Å². The number of aryl methyl sites for hydroxylation is 1. The van der Waals surface area contributed by atoms with Gasteiger partial charge in [-0.1, -0.05) is 0 Å². The second-order valence-electron chi connectivity index (χ2n) is 3.21. The van der Waals surface area contributed by atoms with Gasteiger partial charge in [-0.2, -0.15) is 0 Å². The van der Waals surface area contributed by atoms with E-state index >= 15 is 0 Å². The summed E-state index contributed by atoms with van der Waals surface area (Å²) in [5.41, 5.74) is 5.07. The van der Waals surface area contributed by atoms with Crippen molar-refractivity contribution in [1.29, 1.82) is 0 Å². The minimum absolute atomic E-state index is 0.548. The minimum Gasteiger partial charge on any atom is -0.496 e. The Balaban J connectivity index is 2.65. The van der Waals surface area contributed by atoms with Crippen LogP contribution in [0.4, 0.5) is 5.82 Å². The molecule has 0 atom stereocenters. The van der Waals surface area contributed by atoms with Crippen LogP contribution in [0.15, 0.2) is 18.3 Å². The maximum absolute atomic E-state index is 5.26. The zero-order chi connectivity index (χ0) is 10.8. The van der Waals surface area contributed by atoms with Crippen LogP contribution >= 0.6 is 0 Å². The average Bonchev–Trinajstić information content (AvgIpc) is 2.27. The molecule has 0 saturated carbocycles. The van der Waals surface area contributed by atoms with E-state index in [0.717, 1.165) is 22.3 Å². The molecule has 1 aromatic carbocycles. The zero-order valence-electron chi connectivity index (χ0n) is 8.61. The van der Waals surface area contributed by atoms with E-state index in [4.69, 9.17) is 10.6 Å². The van der Waals surface area contributed by atoms with Gasteiger partial charge in [-0.05, 0) is 18.6 Å². The lowest BCUT2D eigenvalue weighted by Crippen LogP contribution is -2.08. The van der Waals surface area contributed by atoms with Crippen molar-refractivity contribution in [3.05, 3.63) is 23.9 Å². The quantitative estimate of drug-likeness (QED) is 0.568. The van der Waals surface area contributed by atoms with Gasteiger partial charge in [-0.3, -0.25) is 4.98 Å². The number of anilines is 1. The second kappa shape index (κ2) is 3.70. The van der Waals surface area contributed by atoms with Crippen LogP contribution in [0.5, 0.6) is 5.75 Å². The molecule has 0 aliphatic rings. The van der Waals surface area contributed by atoms with Gasteiger partial charge in [0.05, 0.1) is 24.3 Å². The Bertz CT molecular complexity index is 498. The fourth-order valence-electron chi connectivity index (χ4n) is 1.43. The molecule has 0 bridgehead atoms. The minimum atomic E-state index is 0.548. The number of nitrogen functional groups attached to an aromatic ring is 1. The van der Waals surface area contributed by atoms with E-state index in [1.165, 1.54) is 0 Å². The SMILES string of the molecule is COc1cc2ncc(NN)nc2cc1C. The van der Waals surface area contributed by atoms with Crippen LogP contribution in [-0.2, 0) is 0 Å². The fraction of sp³-hybridized carbons (Fsp3) is 0.200. The van der Waals surface area contributed by atoms with Crippen molar-refractivity contribution in [2.75, 3.05) is 12.5 Å². The van der Waals surface area contributed by atoms with Gasteiger partial charge in [0.25, 0.3) is 0 Å². The van der Waals surface area contributed by atoms with E-state index in [1.54, 1.807) is 13.3 Å². The molecule has 5 heteroatoms. The summed E-state index contributed by atoms with van der Waals surface area (Å²) in [6.07, 6.45) is 1.58. The number of rotatable bonds is 2. The molecule has 0 fully saturated rings. The first kappa shape index (κ1) is 9.67. The summed E-state index contributed by atoms with van der Waals surface area (Å²) < 4.78 is 5.20. The first-order chi connectivity index (χ1) is 7.24. The number of aromatic nitrogens is 2. The predicted octanol–water partition coefficient (Wildman–Crippen LogP) is 1.23. The third-order valence-electron chi connectivity index (χ3n) is 2.21. The molecule has 2 rings (SSSR count). The smallest absolute Gasteiger partial charge is 0.159 e. The number of hydrogen-bond donors (Lipinski definition) is 2. The Kier molecular flexibility index (Phi) is 2.39. The van der Waals surface area contributed by atoms with Crippen LogP contribution in [0.3, 0.4) is 0 Å². The number of nitrogens with zero attached hydrogens (tertiary/aromatic N) is 2. The van der Waals surface area contributed by atoms with Crippen molar-refractivity contribution >= 4 is 16.9 Å². The lowest BCUT2D eigenvalue weighted by Gasteiger charge is -2.06. The first-order valence-corrected chi connectivity index (χ1v) is 4.52. The number of fused-ring (bicyclic) bond motifs is 1. The molecule has 0 radical (unpaired) electrons. The Hall–Kier alpha value is -1.88. The van der Waals surface area contributed by atoms with Crippen LogP contribution in [0.2, 0.25) is 0 Å². The summed E-state index contributed by atoms with van der Waals surface area (Å²) >= 11 is 0. The summed E-state index contributed by atoms with van der Waals surface area (Å²) in [5.74, 6) is 6.62. The molecule has 1 heterocycles. The summed E-state index contributed by atoms with van der Waals surface area (Å²) in [7, 11) is 1.64. The van der Waals surface area contributed by atoms with Crippen molar-refractivity contribution in [3.63, 3.8) is 0 Å². The van der Waals surface area contributed by atoms with Crippen LogP contribution in [0.25, 0.3) is 11.0 Å². The summed E-state index contributed by atoms with van der Waals surface area (Å²) in [6, 6.07) is 3.78. The summed E-state index contributed by atoms with van der Waals surface area (Å²) in [6.45, 7) is 1.96. The number of hydrazine groups is 1. The molecule has 5 nitrogen and oxygen atoms in total. The predicted molar refractivity (Wildman–Crippen MR) is 58.6 cm³/mol. The maximum Gasteiger partial charge on any atom is 0.159 e. The molecule has 78 valence electrons. The lowest BCUT2D eigenvalue weighted by atomic mass is 10.2. The number of nitrogens with two attached hydrogens (primary N) is 1. The van der Waals surface area contributed by atoms with Crippen LogP contribution in [0.1, 0.15) is 5.56 Å². The Labute approximate surface area is 87.3 Å². The van der Waals surface area contributed by atoms with Gasteiger partial charge >= 0.3 is 0 Å². The van der Waals surface area contributed by atoms with Gasteiger partial charge in [0.15, 0.2) is 5.82 Å². The van der Waals surface area contributed by atoms with Gasteiger partial charge < -0.3 is 10.2 Å². The Morgan fingerprint density at radius 3 is 2.80 bits per heavy atom. The Morgan fingerprint density at radius 1 is 1.33 bits per heavy atom. The number of nitrogens with one attached hydrogen (secondary N) is 1. The largest absolute Gasteiger partial charge is 0.496 e. The fourth-order valence-corrected chi connectivity index (χ4v) is 1.43. The van der Waals surface area contributed by atoms with Crippen LogP contribution in [-0.4, -0.2) is 17.1 Å². The topological polar surface area (TPSA) is 73.1 Å². The molecular weight excluding hydrogens is 192 g/mol. The molecule has 0 spiro atoms. The second-order valence-corrected chi connectivity index (χ2v) is 3.21. The van der Waals surface area contributed by atoms with E-state index in [9.17, 15) is 0 Å². The third-order valence-corrected chi connectivity index (χ3v) is 2.21. The highest BCUT2D eigenvalue weighted by Crippen LogP contribution is 2.23. The van der Waals surface area contributed by atoms with Gasteiger partial charge in [0.2, 0.25) is 0 Å². The van der Waals surface area contributed by atoms with E-state index in [0.29, 0.717) is 5.82 Å². The van der Waals surface area contributed by atoms with Crippen LogP contribution in [0, 0.1) is 6.92 Å². The highest BCUT2D eigenvalue weighted by Gasteiger charge is 2.04. The lowest BCUT2D eigenvalue weighted by molar-refractivity contribution is 0.412. The van der Waals surface area contributed by atoms with Gasteiger partial charge in [0.1, 0.15) is 5.75 Å². The molecule has 1 aromatic heterocycles. The highest BCUT2D eigenvalue weighted by atomic mass is 16.5. The molecule has 0 aliphatic carbocycles.